The topological polar surface area (TPSA) is 36.6 Å². The maximum atomic E-state index is 9.72. The van der Waals surface area contributed by atoms with E-state index < -0.39 is 0 Å². The number of phenolic OH excluding ortho intramolecular Hbond substituents is 1. The van der Waals surface area contributed by atoms with Crippen LogP contribution in [0, 0.1) is 13.8 Å². The molecule has 0 radical (unpaired) electrons. The molecule has 18 heavy (non-hydrogen) atoms. The maximum Gasteiger partial charge on any atom is 0.120 e. The van der Waals surface area contributed by atoms with E-state index in [9.17, 15) is 5.11 Å². The first-order valence-corrected chi connectivity index (χ1v) is 6.07. The van der Waals surface area contributed by atoms with Crippen molar-refractivity contribution in [1.29, 1.82) is 0 Å². The lowest BCUT2D eigenvalue weighted by molar-refractivity contribution is 0.281. The van der Waals surface area contributed by atoms with Crippen LogP contribution in [0.1, 0.15) is 22.6 Å². The molecule has 2 aromatic rings. The zero-order valence-electron chi connectivity index (χ0n) is 11.1. The molecule has 0 saturated heterocycles. The normalized spacial score (nSPS) is 11.1. The zero-order chi connectivity index (χ0) is 13.1. The average Bonchev–Trinajstić information content (AvgIpc) is 2.61. The molecule has 3 nitrogen and oxygen atoms in total. The summed E-state index contributed by atoms with van der Waals surface area (Å²) in [5.41, 5.74) is 2.11. The zero-order valence-corrected chi connectivity index (χ0v) is 11.1. The van der Waals surface area contributed by atoms with Gasteiger partial charge in [-0.25, -0.2) is 0 Å². The number of phenols is 1. The smallest absolute Gasteiger partial charge is 0.120 e. The van der Waals surface area contributed by atoms with E-state index in [4.69, 9.17) is 4.42 Å². The molecule has 3 heteroatoms. The fourth-order valence-electron chi connectivity index (χ4n) is 1.98. The molecule has 0 aliphatic carbocycles. The van der Waals surface area contributed by atoms with E-state index in [1.807, 2.05) is 39.1 Å². The van der Waals surface area contributed by atoms with Crippen LogP contribution in [0.4, 0.5) is 0 Å². The Balaban J connectivity index is 2.01. The molecule has 1 N–H and O–H groups in total. The van der Waals surface area contributed by atoms with Gasteiger partial charge in [-0.2, -0.15) is 0 Å². The van der Waals surface area contributed by atoms with Gasteiger partial charge in [0.2, 0.25) is 0 Å². The molecule has 0 atom stereocenters. The van der Waals surface area contributed by atoms with Gasteiger partial charge in [0.1, 0.15) is 17.3 Å². The number of para-hydroxylation sites is 1. The summed E-state index contributed by atoms with van der Waals surface area (Å²) in [6, 6.07) is 9.48. The molecule has 0 aliphatic heterocycles. The van der Waals surface area contributed by atoms with Crippen LogP contribution in [-0.4, -0.2) is 17.1 Å². The van der Waals surface area contributed by atoms with Crippen LogP contribution in [0.3, 0.4) is 0 Å². The van der Waals surface area contributed by atoms with Gasteiger partial charge in [0.05, 0.1) is 6.54 Å². The first-order chi connectivity index (χ1) is 8.56. The highest BCUT2D eigenvalue weighted by molar-refractivity contribution is 5.31. The van der Waals surface area contributed by atoms with Gasteiger partial charge in [0, 0.05) is 12.1 Å². The fraction of sp³-hybridized carbons (Fsp3) is 0.333. The van der Waals surface area contributed by atoms with E-state index in [1.54, 1.807) is 6.07 Å². The molecule has 0 unspecified atom stereocenters. The summed E-state index contributed by atoms with van der Waals surface area (Å²) < 4.78 is 5.65. The molecule has 0 spiro atoms. The lowest BCUT2D eigenvalue weighted by atomic mass is 10.2. The van der Waals surface area contributed by atoms with Crippen LogP contribution in [0.2, 0.25) is 0 Å². The first kappa shape index (κ1) is 12.7. The van der Waals surface area contributed by atoms with Crippen molar-refractivity contribution in [2.24, 2.45) is 0 Å². The minimum absolute atomic E-state index is 0.344. The summed E-state index contributed by atoms with van der Waals surface area (Å²) in [5.74, 6) is 2.28. The van der Waals surface area contributed by atoms with Crippen LogP contribution in [0.15, 0.2) is 34.7 Å². The van der Waals surface area contributed by atoms with Gasteiger partial charge in [-0.3, -0.25) is 4.90 Å². The highest BCUT2D eigenvalue weighted by Gasteiger charge is 2.08. The molecule has 0 amide bonds. The molecular formula is C15H19NO2. The summed E-state index contributed by atoms with van der Waals surface area (Å²) in [5, 5.41) is 9.72. The van der Waals surface area contributed by atoms with Crippen LogP contribution in [0.5, 0.6) is 5.75 Å². The van der Waals surface area contributed by atoms with Crippen molar-refractivity contribution in [1.82, 2.24) is 4.90 Å². The molecule has 0 fully saturated rings. The Morgan fingerprint density at radius 3 is 2.50 bits per heavy atom. The van der Waals surface area contributed by atoms with Crippen LogP contribution < -0.4 is 0 Å². The van der Waals surface area contributed by atoms with Crippen LogP contribution in [0.25, 0.3) is 0 Å². The lowest BCUT2D eigenvalue weighted by Gasteiger charge is -2.15. The molecule has 2 rings (SSSR count). The Morgan fingerprint density at radius 2 is 1.89 bits per heavy atom. The Morgan fingerprint density at radius 1 is 1.17 bits per heavy atom. The number of aryl methyl sites for hydroxylation is 2. The largest absolute Gasteiger partial charge is 0.508 e. The van der Waals surface area contributed by atoms with Gasteiger partial charge in [0.15, 0.2) is 0 Å². The van der Waals surface area contributed by atoms with E-state index in [0.717, 1.165) is 23.6 Å². The van der Waals surface area contributed by atoms with Crippen molar-refractivity contribution < 1.29 is 9.52 Å². The third-order valence-corrected chi connectivity index (χ3v) is 3.07. The predicted molar refractivity (Wildman–Crippen MR) is 71.5 cm³/mol. The average molecular weight is 245 g/mol. The summed E-state index contributed by atoms with van der Waals surface area (Å²) in [6.45, 7) is 5.46. The minimum atomic E-state index is 0.344. The van der Waals surface area contributed by atoms with E-state index in [-0.39, 0.29) is 0 Å². The summed E-state index contributed by atoms with van der Waals surface area (Å²) in [6.07, 6.45) is 0. The number of hydrogen-bond donors (Lipinski definition) is 1. The Hall–Kier alpha value is -1.74. The van der Waals surface area contributed by atoms with Gasteiger partial charge in [-0.15, -0.1) is 0 Å². The van der Waals surface area contributed by atoms with Gasteiger partial charge in [-0.1, -0.05) is 18.2 Å². The second-order valence-corrected chi connectivity index (χ2v) is 4.75. The molecule has 1 aromatic carbocycles. The molecule has 1 aromatic heterocycles. The van der Waals surface area contributed by atoms with Crippen molar-refractivity contribution >= 4 is 0 Å². The van der Waals surface area contributed by atoms with Crippen molar-refractivity contribution in [3.8, 4) is 5.75 Å². The molecule has 0 saturated carbocycles. The molecular weight excluding hydrogens is 226 g/mol. The fourth-order valence-corrected chi connectivity index (χ4v) is 1.98. The number of rotatable bonds is 4. The molecule has 0 aliphatic rings. The van der Waals surface area contributed by atoms with Crippen molar-refractivity contribution in [3.63, 3.8) is 0 Å². The van der Waals surface area contributed by atoms with Gasteiger partial charge >= 0.3 is 0 Å². The second kappa shape index (κ2) is 5.27. The van der Waals surface area contributed by atoms with Crippen LogP contribution in [-0.2, 0) is 13.1 Å². The number of benzene rings is 1. The predicted octanol–water partition coefficient (Wildman–Crippen LogP) is 3.23. The van der Waals surface area contributed by atoms with Crippen LogP contribution >= 0.6 is 0 Å². The van der Waals surface area contributed by atoms with Gasteiger partial charge < -0.3 is 9.52 Å². The second-order valence-electron chi connectivity index (χ2n) is 4.75. The van der Waals surface area contributed by atoms with E-state index in [0.29, 0.717) is 12.3 Å². The number of hydrogen-bond acceptors (Lipinski definition) is 3. The van der Waals surface area contributed by atoms with E-state index in [2.05, 4.69) is 11.0 Å². The highest BCUT2D eigenvalue weighted by atomic mass is 16.3. The number of furan rings is 1. The summed E-state index contributed by atoms with van der Waals surface area (Å²) >= 11 is 0. The molecule has 1 heterocycles. The standard InChI is InChI=1S/C15H19NO2/c1-11-8-14(18-12(11)2)10-16(3)9-13-6-4-5-7-15(13)17/h4-8,17H,9-10H2,1-3H3. The van der Waals surface area contributed by atoms with E-state index >= 15 is 0 Å². The van der Waals surface area contributed by atoms with Gasteiger partial charge in [-0.05, 0) is 38.6 Å². The Bertz CT molecular complexity index is 512. The summed E-state index contributed by atoms with van der Waals surface area (Å²) in [7, 11) is 2.01. The van der Waals surface area contributed by atoms with Crippen molar-refractivity contribution in [2.45, 2.75) is 26.9 Å². The lowest BCUT2D eigenvalue weighted by Crippen LogP contribution is -2.16. The molecule has 96 valence electrons. The third-order valence-electron chi connectivity index (χ3n) is 3.07. The highest BCUT2D eigenvalue weighted by Crippen LogP contribution is 2.19. The van der Waals surface area contributed by atoms with Crippen molar-refractivity contribution in [3.05, 3.63) is 53.0 Å². The maximum absolute atomic E-state index is 9.72. The van der Waals surface area contributed by atoms with Crippen molar-refractivity contribution in [2.75, 3.05) is 7.05 Å². The third kappa shape index (κ3) is 2.93. The Labute approximate surface area is 108 Å². The quantitative estimate of drug-likeness (QED) is 0.898. The van der Waals surface area contributed by atoms with Gasteiger partial charge in [0.25, 0.3) is 0 Å². The number of aromatic hydroxyl groups is 1. The number of nitrogens with zero attached hydrogens (tertiary/aromatic N) is 1. The monoisotopic (exact) mass is 245 g/mol. The minimum Gasteiger partial charge on any atom is -0.508 e. The molecule has 0 bridgehead atoms. The Kier molecular flexibility index (Phi) is 3.72. The van der Waals surface area contributed by atoms with E-state index in [1.165, 1.54) is 5.56 Å². The first-order valence-electron chi connectivity index (χ1n) is 6.07. The summed E-state index contributed by atoms with van der Waals surface area (Å²) in [4.78, 5) is 2.12. The SMILES string of the molecule is Cc1cc(CN(C)Cc2ccccc2O)oc1C.